The lowest BCUT2D eigenvalue weighted by atomic mass is 10.1. The summed E-state index contributed by atoms with van der Waals surface area (Å²) < 4.78 is 66.0. The Kier molecular flexibility index (Phi) is 10.4. The molecular weight excluding hydrogens is 504 g/mol. The highest BCUT2D eigenvalue weighted by atomic mass is 19.1. The van der Waals surface area contributed by atoms with Crippen LogP contribution in [-0.2, 0) is 0 Å². The van der Waals surface area contributed by atoms with Crippen molar-refractivity contribution in [3.8, 4) is 33.8 Å². The summed E-state index contributed by atoms with van der Waals surface area (Å²) in [7, 11) is 0. The van der Waals surface area contributed by atoms with Gasteiger partial charge in [-0.3, -0.25) is 0 Å². The number of hydrogen-bond donors (Lipinski definition) is 0. The molecule has 0 aliphatic rings. The molecule has 0 aromatic heterocycles. The van der Waals surface area contributed by atoms with Crippen LogP contribution in [0.25, 0.3) is 22.3 Å². The van der Waals surface area contributed by atoms with Gasteiger partial charge in [-0.1, -0.05) is 56.4 Å². The van der Waals surface area contributed by atoms with E-state index < -0.39 is 11.6 Å². The number of ether oxygens (including phenoxy) is 2. The van der Waals surface area contributed by atoms with E-state index in [2.05, 4.69) is 0 Å². The lowest BCUT2D eigenvalue weighted by molar-refractivity contribution is 0.299. The molecule has 4 aromatic rings. The van der Waals surface area contributed by atoms with E-state index in [0.29, 0.717) is 41.2 Å². The molecule has 4 rings (SSSR count). The van der Waals surface area contributed by atoms with Gasteiger partial charge in [0.2, 0.25) is 0 Å². The third-order valence-corrected chi connectivity index (χ3v) is 6.52. The Bertz CT molecular complexity index is 1320. The molecule has 39 heavy (non-hydrogen) atoms. The van der Waals surface area contributed by atoms with Gasteiger partial charge in [0.1, 0.15) is 34.8 Å². The Hall–Kier alpha value is -3.80. The van der Waals surface area contributed by atoms with Crippen LogP contribution in [0.3, 0.4) is 0 Å². The first-order valence-electron chi connectivity index (χ1n) is 13.4. The van der Waals surface area contributed by atoms with Crippen LogP contribution in [0.2, 0.25) is 0 Å². The van der Waals surface area contributed by atoms with Gasteiger partial charge >= 0.3 is 0 Å². The molecule has 0 saturated carbocycles. The van der Waals surface area contributed by atoms with Crippen molar-refractivity contribution in [3.63, 3.8) is 0 Å². The molecule has 0 spiro atoms. The van der Waals surface area contributed by atoms with Gasteiger partial charge in [-0.15, -0.1) is 0 Å². The molecule has 6 heteroatoms. The standard InChI is InChI=1S/C33H32F4O2/c34-26-12-8-24(9-13-26)31-19-17-29(23-33(31)37)39-21-7-5-3-1-2-4-6-20-38-28-15-10-25(11-16-28)30-18-14-27(35)22-32(30)36/h8-19,22-23H,1-7,20-21H2. The third-order valence-electron chi connectivity index (χ3n) is 6.52. The third kappa shape index (κ3) is 8.60. The molecule has 0 aliphatic heterocycles. The maximum absolute atomic E-state index is 14.4. The van der Waals surface area contributed by atoms with E-state index in [9.17, 15) is 17.6 Å². The van der Waals surface area contributed by atoms with E-state index in [1.807, 2.05) is 0 Å². The zero-order chi connectivity index (χ0) is 27.5. The van der Waals surface area contributed by atoms with Crippen LogP contribution in [0.15, 0.2) is 84.9 Å². The van der Waals surface area contributed by atoms with Gasteiger partial charge in [-0.25, -0.2) is 17.6 Å². The highest BCUT2D eigenvalue weighted by Gasteiger charge is 2.08. The molecule has 0 heterocycles. The van der Waals surface area contributed by atoms with Crippen LogP contribution in [0.5, 0.6) is 11.5 Å². The van der Waals surface area contributed by atoms with Crippen molar-refractivity contribution in [3.05, 3.63) is 108 Å². The number of benzene rings is 4. The number of rotatable bonds is 14. The van der Waals surface area contributed by atoms with Crippen LogP contribution >= 0.6 is 0 Å². The quantitative estimate of drug-likeness (QED) is 0.118. The van der Waals surface area contributed by atoms with Crippen molar-refractivity contribution in [2.24, 2.45) is 0 Å². The van der Waals surface area contributed by atoms with Gasteiger partial charge in [-0.2, -0.15) is 0 Å². The summed E-state index contributed by atoms with van der Waals surface area (Å²) in [4.78, 5) is 0. The second-order valence-electron chi connectivity index (χ2n) is 9.47. The molecule has 0 unspecified atom stereocenters. The van der Waals surface area contributed by atoms with E-state index >= 15 is 0 Å². The smallest absolute Gasteiger partial charge is 0.134 e. The maximum Gasteiger partial charge on any atom is 0.134 e. The largest absolute Gasteiger partial charge is 0.494 e. The van der Waals surface area contributed by atoms with Crippen molar-refractivity contribution in [1.29, 1.82) is 0 Å². The molecule has 4 aromatic carbocycles. The minimum absolute atomic E-state index is 0.351. The van der Waals surface area contributed by atoms with Gasteiger partial charge in [0, 0.05) is 23.3 Å². The number of halogens is 4. The molecule has 0 fully saturated rings. The van der Waals surface area contributed by atoms with Gasteiger partial charge < -0.3 is 9.47 Å². The summed E-state index contributed by atoms with van der Waals surface area (Å²) in [6.07, 6.45) is 7.37. The van der Waals surface area contributed by atoms with Crippen molar-refractivity contribution in [2.45, 2.75) is 44.9 Å². The Labute approximate surface area is 227 Å². The molecule has 0 atom stereocenters. The zero-order valence-electron chi connectivity index (χ0n) is 21.8. The van der Waals surface area contributed by atoms with Crippen LogP contribution in [0.4, 0.5) is 17.6 Å². The molecule has 204 valence electrons. The monoisotopic (exact) mass is 536 g/mol. The van der Waals surface area contributed by atoms with Crippen molar-refractivity contribution in [2.75, 3.05) is 13.2 Å². The molecule has 0 aliphatic carbocycles. The highest BCUT2D eigenvalue weighted by Crippen LogP contribution is 2.27. The van der Waals surface area contributed by atoms with Crippen LogP contribution < -0.4 is 9.47 Å². The summed E-state index contributed by atoms with van der Waals surface area (Å²) in [5.41, 5.74) is 2.09. The summed E-state index contributed by atoms with van der Waals surface area (Å²) in [6, 6.07) is 21.2. The Morgan fingerprint density at radius 1 is 0.410 bits per heavy atom. The fourth-order valence-electron chi connectivity index (χ4n) is 4.37. The van der Waals surface area contributed by atoms with Crippen molar-refractivity contribution >= 4 is 0 Å². The average Bonchev–Trinajstić information content (AvgIpc) is 2.93. The summed E-state index contributed by atoms with van der Waals surface area (Å²) in [6.45, 7) is 1.16. The van der Waals surface area contributed by atoms with Gasteiger partial charge in [0.15, 0.2) is 0 Å². The predicted molar refractivity (Wildman–Crippen MR) is 147 cm³/mol. The predicted octanol–water partition coefficient (Wildman–Crippen LogP) is 9.77. The topological polar surface area (TPSA) is 18.5 Å². The van der Waals surface area contributed by atoms with Gasteiger partial charge in [0.05, 0.1) is 13.2 Å². The normalized spacial score (nSPS) is 11.0. The molecule has 2 nitrogen and oxygen atoms in total. The van der Waals surface area contributed by atoms with E-state index in [4.69, 9.17) is 9.47 Å². The van der Waals surface area contributed by atoms with Crippen LogP contribution in [0, 0.1) is 23.3 Å². The molecule has 0 radical (unpaired) electrons. The number of hydrogen-bond acceptors (Lipinski definition) is 2. The SMILES string of the molecule is Fc1ccc(-c2ccc(OCCCCCCCCCOc3ccc(-c4ccc(F)cc4F)cc3)cc2F)cc1. The second kappa shape index (κ2) is 14.4. The van der Waals surface area contributed by atoms with Crippen molar-refractivity contribution < 1.29 is 27.0 Å². The fraction of sp³-hybridized carbons (Fsp3) is 0.273. The van der Waals surface area contributed by atoms with Gasteiger partial charge in [-0.05, 0) is 72.5 Å². The molecule has 0 amide bonds. The summed E-state index contributed by atoms with van der Waals surface area (Å²) >= 11 is 0. The molecule has 0 bridgehead atoms. The van der Waals surface area contributed by atoms with Gasteiger partial charge in [0.25, 0.3) is 0 Å². The average molecular weight is 537 g/mol. The first-order valence-corrected chi connectivity index (χ1v) is 13.4. The van der Waals surface area contributed by atoms with Crippen molar-refractivity contribution in [1.82, 2.24) is 0 Å². The first kappa shape index (κ1) is 28.2. The molecular formula is C33H32F4O2. The minimum atomic E-state index is -0.592. The van der Waals surface area contributed by atoms with E-state index in [0.717, 1.165) is 56.8 Å². The molecule has 0 saturated heterocycles. The molecule has 0 N–H and O–H groups in total. The Balaban J connectivity index is 1.03. The second-order valence-corrected chi connectivity index (χ2v) is 9.47. The van der Waals surface area contributed by atoms with Crippen LogP contribution in [0.1, 0.15) is 44.9 Å². The van der Waals surface area contributed by atoms with E-state index in [-0.39, 0.29) is 11.6 Å². The number of unbranched alkanes of at least 4 members (excludes halogenated alkanes) is 6. The summed E-state index contributed by atoms with van der Waals surface area (Å²) in [5.74, 6) is -0.689. The lowest BCUT2D eigenvalue weighted by Crippen LogP contribution is -1.99. The highest BCUT2D eigenvalue weighted by molar-refractivity contribution is 5.65. The van der Waals surface area contributed by atoms with E-state index in [1.54, 1.807) is 48.5 Å². The maximum atomic E-state index is 14.4. The minimum Gasteiger partial charge on any atom is -0.494 e. The fourth-order valence-corrected chi connectivity index (χ4v) is 4.37. The van der Waals surface area contributed by atoms with E-state index in [1.165, 1.54) is 30.3 Å². The zero-order valence-corrected chi connectivity index (χ0v) is 21.8. The Morgan fingerprint density at radius 2 is 0.846 bits per heavy atom. The Morgan fingerprint density at radius 3 is 1.41 bits per heavy atom. The first-order chi connectivity index (χ1) is 19.0. The van der Waals surface area contributed by atoms with Crippen LogP contribution in [-0.4, -0.2) is 13.2 Å². The lowest BCUT2D eigenvalue weighted by Gasteiger charge is -2.09. The summed E-state index contributed by atoms with van der Waals surface area (Å²) in [5, 5.41) is 0.